The first kappa shape index (κ1) is 14.1. The van der Waals surface area contributed by atoms with Crippen LogP contribution in [0.25, 0.3) is 0 Å². The molecule has 1 nitrogen and oxygen atoms in total. The van der Waals surface area contributed by atoms with Crippen molar-refractivity contribution in [1.82, 2.24) is 5.32 Å². The van der Waals surface area contributed by atoms with E-state index in [4.69, 9.17) is 0 Å². The molecule has 2 unspecified atom stereocenters. The van der Waals surface area contributed by atoms with Crippen LogP contribution in [0.15, 0.2) is 0 Å². The quantitative estimate of drug-likeness (QED) is 0.750. The zero-order valence-corrected chi connectivity index (χ0v) is 9.63. The van der Waals surface area contributed by atoms with Gasteiger partial charge in [-0.05, 0) is 32.7 Å². The molecular formula is C9H18F3NS. The van der Waals surface area contributed by atoms with E-state index in [9.17, 15) is 13.2 Å². The second-order valence-electron chi connectivity index (χ2n) is 3.61. The van der Waals surface area contributed by atoms with Crippen molar-refractivity contribution < 1.29 is 13.2 Å². The maximum absolute atomic E-state index is 11.8. The van der Waals surface area contributed by atoms with Crippen molar-refractivity contribution in [2.75, 3.05) is 12.8 Å². The van der Waals surface area contributed by atoms with Gasteiger partial charge in [0.2, 0.25) is 0 Å². The topological polar surface area (TPSA) is 12.0 Å². The van der Waals surface area contributed by atoms with Crippen molar-refractivity contribution in [3.8, 4) is 0 Å². The average Bonchev–Trinajstić information content (AvgIpc) is 2.01. The Bertz CT molecular complexity index is 149. The summed E-state index contributed by atoms with van der Waals surface area (Å²) in [5.74, 6) is 0.508. The number of hydrogen-bond acceptors (Lipinski definition) is 2. The summed E-state index contributed by atoms with van der Waals surface area (Å²) in [6.07, 6.45) is 1.55. The fourth-order valence-corrected chi connectivity index (χ4v) is 1.97. The van der Waals surface area contributed by atoms with Crippen LogP contribution in [-0.4, -0.2) is 24.4 Å². The largest absolute Gasteiger partial charge is 0.441 e. The van der Waals surface area contributed by atoms with E-state index in [1.54, 1.807) is 0 Å². The average molecular weight is 229 g/mol. The van der Waals surface area contributed by atoms with E-state index in [1.165, 1.54) is 0 Å². The highest BCUT2D eigenvalue weighted by Gasteiger charge is 2.27. The molecule has 14 heavy (non-hydrogen) atoms. The Balaban J connectivity index is 3.49. The lowest BCUT2D eigenvalue weighted by atomic mass is 10.0. The summed E-state index contributed by atoms with van der Waals surface area (Å²) in [6, 6.07) is 0.376. The monoisotopic (exact) mass is 229 g/mol. The molecule has 0 aromatic heterocycles. The molecule has 0 saturated heterocycles. The molecular weight excluding hydrogens is 211 g/mol. The van der Waals surface area contributed by atoms with E-state index >= 15 is 0 Å². The highest BCUT2D eigenvalue weighted by molar-refractivity contribution is 8.00. The van der Waals surface area contributed by atoms with Crippen LogP contribution >= 0.6 is 11.8 Å². The van der Waals surface area contributed by atoms with Crippen LogP contribution in [0.5, 0.6) is 0 Å². The Morgan fingerprint density at radius 3 is 2.29 bits per heavy atom. The van der Waals surface area contributed by atoms with Crippen molar-refractivity contribution in [3.63, 3.8) is 0 Å². The fourth-order valence-electron chi connectivity index (χ4n) is 1.22. The first-order valence-corrected chi connectivity index (χ1v) is 5.71. The molecule has 86 valence electrons. The minimum absolute atomic E-state index is 0.0762. The van der Waals surface area contributed by atoms with Gasteiger partial charge >= 0.3 is 5.51 Å². The first-order chi connectivity index (χ1) is 6.35. The lowest BCUT2D eigenvalue weighted by Gasteiger charge is -2.16. The summed E-state index contributed by atoms with van der Waals surface area (Å²) in [6.45, 7) is 4.03. The van der Waals surface area contributed by atoms with E-state index < -0.39 is 5.51 Å². The molecule has 0 aliphatic heterocycles. The predicted octanol–water partition coefficient (Wildman–Crippen LogP) is 3.26. The van der Waals surface area contributed by atoms with Crippen LogP contribution in [0.1, 0.15) is 26.7 Å². The van der Waals surface area contributed by atoms with Crippen LogP contribution in [0.4, 0.5) is 13.2 Å². The predicted molar refractivity (Wildman–Crippen MR) is 55.4 cm³/mol. The molecule has 0 aliphatic carbocycles. The lowest BCUT2D eigenvalue weighted by molar-refractivity contribution is -0.0328. The van der Waals surface area contributed by atoms with Crippen molar-refractivity contribution in [2.24, 2.45) is 5.92 Å². The third-order valence-corrected chi connectivity index (χ3v) is 2.89. The minimum atomic E-state index is -4.08. The van der Waals surface area contributed by atoms with E-state index in [-0.39, 0.29) is 17.5 Å². The number of nitrogens with one attached hydrogen (secondary N) is 1. The van der Waals surface area contributed by atoms with E-state index in [1.807, 2.05) is 20.9 Å². The Morgan fingerprint density at radius 2 is 1.86 bits per heavy atom. The smallest absolute Gasteiger partial charge is 0.317 e. The van der Waals surface area contributed by atoms with Crippen molar-refractivity contribution in [3.05, 3.63) is 0 Å². The molecule has 2 atom stereocenters. The molecule has 0 radical (unpaired) electrons. The van der Waals surface area contributed by atoms with Gasteiger partial charge in [-0.1, -0.05) is 18.7 Å². The molecule has 1 N–H and O–H groups in total. The van der Waals surface area contributed by atoms with Crippen LogP contribution in [0.3, 0.4) is 0 Å². The van der Waals surface area contributed by atoms with Gasteiger partial charge in [-0.15, -0.1) is 0 Å². The van der Waals surface area contributed by atoms with Gasteiger partial charge in [0.15, 0.2) is 0 Å². The molecule has 0 aromatic carbocycles. The summed E-state index contributed by atoms with van der Waals surface area (Å²) in [4.78, 5) is 0. The van der Waals surface area contributed by atoms with Crippen LogP contribution in [-0.2, 0) is 0 Å². The normalized spacial score (nSPS) is 16.7. The van der Waals surface area contributed by atoms with Gasteiger partial charge in [-0.2, -0.15) is 13.2 Å². The highest BCUT2D eigenvalue weighted by atomic mass is 32.2. The van der Waals surface area contributed by atoms with Crippen molar-refractivity contribution in [2.45, 2.75) is 38.2 Å². The lowest BCUT2D eigenvalue weighted by Crippen LogP contribution is -2.23. The number of thioether (sulfide) groups is 1. The van der Waals surface area contributed by atoms with Gasteiger partial charge in [-0.3, -0.25) is 0 Å². The summed E-state index contributed by atoms with van der Waals surface area (Å²) in [7, 11) is 1.86. The third-order valence-electron chi connectivity index (χ3n) is 2.13. The molecule has 0 aliphatic rings. The standard InChI is InChI=1S/C9H18F3NS/c1-7(6-8(2)13-3)4-5-14-9(10,11)12/h7-8,13H,4-6H2,1-3H3. The van der Waals surface area contributed by atoms with Gasteiger partial charge in [-0.25, -0.2) is 0 Å². The van der Waals surface area contributed by atoms with Gasteiger partial charge in [0.05, 0.1) is 0 Å². The second-order valence-corrected chi connectivity index (χ2v) is 4.77. The highest BCUT2D eigenvalue weighted by Crippen LogP contribution is 2.31. The molecule has 0 spiro atoms. The molecule has 5 heteroatoms. The minimum Gasteiger partial charge on any atom is -0.317 e. The fraction of sp³-hybridized carbons (Fsp3) is 1.00. The molecule has 0 heterocycles. The maximum atomic E-state index is 11.8. The second kappa shape index (κ2) is 6.56. The number of hydrogen-bond donors (Lipinski definition) is 1. The maximum Gasteiger partial charge on any atom is 0.441 e. The Kier molecular flexibility index (Phi) is 6.61. The molecule has 0 saturated carbocycles. The van der Waals surface area contributed by atoms with Crippen LogP contribution in [0.2, 0.25) is 0 Å². The zero-order valence-electron chi connectivity index (χ0n) is 8.82. The van der Waals surface area contributed by atoms with E-state index in [2.05, 4.69) is 5.32 Å². The van der Waals surface area contributed by atoms with E-state index in [0.717, 1.165) is 6.42 Å². The summed E-state index contributed by atoms with van der Waals surface area (Å²) in [5, 5.41) is 3.07. The summed E-state index contributed by atoms with van der Waals surface area (Å²) >= 11 is 0.0762. The first-order valence-electron chi connectivity index (χ1n) is 4.73. The Morgan fingerprint density at radius 1 is 1.29 bits per heavy atom. The number of alkyl halides is 3. The Labute approximate surface area is 87.8 Å². The van der Waals surface area contributed by atoms with E-state index in [0.29, 0.717) is 18.4 Å². The van der Waals surface area contributed by atoms with Crippen LogP contribution < -0.4 is 5.32 Å². The van der Waals surface area contributed by atoms with Gasteiger partial charge < -0.3 is 5.32 Å². The Hall–Kier alpha value is 0.100. The van der Waals surface area contributed by atoms with Gasteiger partial charge in [0.25, 0.3) is 0 Å². The molecule has 0 bridgehead atoms. The molecule has 0 fully saturated rings. The SMILES string of the molecule is CNC(C)CC(C)CCSC(F)(F)F. The summed E-state index contributed by atoms with van der Waals surface area (Å²) < 4.78 is 35.4. The van der Waals surface area contributed by atoms with Gasteiger partial charge in [0.1, 0.15) is 0 Å². The molecule has 0 aromatic rings. The van der Waals surface area contributed by atoms with Crippen molar-refractivity contribution in [1.29, 1.82) is 0 Å². The molecule has 0 amide bonds. The zero-order chi connectivity index (χ0) is 11.2. The molecule has 0 rings (SSSR count). The number of rotatable bonds is 6. The van der Waals surface area contributed by atoms with Crippen LogP contribution in [0, 0.1) is 5.92 Å². The van der Waals surface area contributed by atoms with Crippen molar-refractivity contribution >= 4 is 11.8 Å². The van der Waals surface area contributed by atoms with Gasteiger partial charge in [0, 0.05) is 11.8 Å². The third kappa shape index (κ3) is 8.69. The summed E-state index contributed by atoms with van der Waals surface area (Å²) in [5.41, 5.74) is -4.08. The number of halogens is 3.